The predicted octanol–water partition coefficient (Wildman–Crippen LogP) is 3.96. The van der Waals surface area contributed by atoms with Crippen molar-refractivity contribution < 1.29 is 0 Å². The second-order valence-corrected chi connectivity index (χ2v) is 8.29. The Kier molecular flexibility index (Phi) is 4.88. The zero-order valence-corrected chi connectivity index (χ0v) is 16.9. The molecule has 140 valence electrons. The van der Waals surface area contributed by atoms with Gasteiger partial charge < -0.3 is 9.47 Å². The Morgan fingerprint density at radius 3 is 2.42 bits per heavy atom. The van der Waals surface area contributed by atoms with E-state index < -0.39 is 0 Å². The molecule has 2 fully saturated rings. The molecule has 26 heavy (non-hydrogen) atoms. The topological polar surface area (TPSA) is 29.2 Å². The van der Waals surface area contributed by atoms with E-state index in [1.54, 1.807) is 0 Å². The van der Waals surface area contributed by atoms with Gasteiger partial charge in [0.05, 0.1) is 6.67 Å². The van der Waals surface area contributed by atoms with Gasteiger partial charge in [-0.3, -0.25) is 4.90 Å². The van der Waals surface area contributed by atoms with Crippen LogP contribution in [0.2, 0.25) is 0 Å². The van der Waals surface area contributed by atoms with E-state index >= 15 is 0 Å². The zero-order valence-electron chi connectivity index (χ0n) is 16.1. The fourth-order valence-electron chi connectivity index (χ4n) is 3.84. The van der Waals surface area contributed by atoms with E-state index in [9.17, 15) is 0 Å². The summed E-state index contributed by atoms with van der Waals surface area (Å²) in [5, 5.41) is 4.88. The molecule has 1 saturated carbocycles. The van der Waals surface area contributed by atoms with Crippen molar-refractivity contribution in [2.45, 2.75) is 52.2 Å². The van der Waals surface area contributed by atoms with Gasteiger partial charge in [-0.15, -0.1) is 0 Å². The molecule has 1 aliphatic heterocycles. The van der Waals surface area contributed by atoms with E-state index in [1.165, 1.54) is 24.1 Å². The number of hydrogen-bond donors (Lipinski definition) is 0. The Balaban J connectivity index is 1.44. The first-order valence-corrected chi connectivity index (χ1v) is 10.2. The van der Waals surface area contributed by atoms with E-state index in [2.05, 4.69) is 59.4 Å². The molecule has 0 amide bonds. The lowest BCUT2D eigenvalue weighted by molar-refractivity contribution is 0.193. The Hall–Kier alpha value is -1.66. The van der Waals surface area contributed by atoms with Gasteiger partial charge in [0.15, 0.2) is 4.77 Å². The zero-order chi connectivity index (χ0) is 18.3. The number of anilines is 1. The lowest BCUT2D eigenvalue weighted by atomic mass is 10.1. The highest BCUT2D eigenvalue weighted by Crippen LogP contribution is 2.37. The second-order valence-electron chi connectivity index (χ2n) is 7.93. The third-order valence-corrected chi connectivity index (χ3v) is 5.90. The highest BCUT2D eigenvalue weighted by atomic mass is 32.1. The number of benzene rings is 1. The molecule has 6 heteroatoms. The number of nitrogens with zero attached hydrogens (tertiary/aromatic N) is 5. The molecule has 0 N–H and O–H groups in total. The number of piperazine rings is 1. The van der Waals surface area contributed by atoms with E-state index in [-0.39, 0.29) is 0 Å². The molecular weight excluding hydrogens is 342 g/mol. The molecule has 0 unspecified atom stereocenters. The highest BCUT2D eigenvalue weighted by molar-refractivity contribution is 7.71. The number of aromatic nitrogens is 3. The monoisotopic (exact) mass is 371 g/mol. The summed E-state index contributed by atoms with van der Waals surface area (Å²) < 4.78 is 5.26. The summed E-state index contributed by atoms with van der Waals surface area (Å²) in [5.74, 6) is 1.56. The fraction of sp³-hybridized carbons (Fsp3) is 0.600. The molecule has 2 aromatic rings. The number of hydrogen-bond acceptors (Lipinski definition) is 4. The van der Waals surface area contributed by atoms with E-state index in [0.717, 1.165) is 43.4 Å². The Labute approximate surface area is 161 Å². The SMILES string of the molecule is Cc1ccccc1N1CCN(Cn2nc(C(C)C)n(C3CC3)c2=S)CC1. The largest absolute Gasteiger partial charge is 0.369 e. The van der Waals surface area contributed by atoms with Gasteiger partial charge in [0.2, 0.25) is 0 Å². The third-order valence-electron chi connectivity index (χ3n) is 5.49. The molecule has 0 bridgehead atoms. The average molecular weight is 372 g/mol. The summed E-state index contributed by atoms with van der Waals surface area (Å²) in [7, 11) is 0. The molecule has 0 spiro atoms. The van der Waals surface area contributed by atoms with Crippen LogP contribution in [0.3, 0.4) is 0 Å². The van der Waals surface area contributed by atoms with Crippen LogP contribution in [-0.4, -0.2) is 45.4 Å². The van der Waals surface area contributed by atoms with E-state index in [1.807, 2.05) is 4.68 Å². The van der Waals surface area contributed by atoms with E-state index in [4.69, 9.17) is 17.3 Å². The molecule has 1 aromatic carbocycles. The van der Waals surface area contributed by atoms with E-state index in [0.29, 0.717) is 12.0 Å². The molecule has 1 saturated heterocycles. The summed E-state index contributed by atoms with van der Waals surface area (Å²) in [6.07, 6.45) is 2.49. The summed E-state index contributed by atoms with van der Waals surface area (Å²) in [4.78, 5) is 4.96. The van der Waals surface area contributed by atoms with Crippen molar-refractivity contribution in [2.75, 3.05) is 31.1 Å². The fourth-order valence-corrected chi connectivity index (χ4v) is 4.18. The Morgan fingerprint density at radius 2 is 1.81 bits per heavy atom. The van der Waals surface area contributed by atoms with Crippen LogP contribution in [0.1, 0.15) is 50.0 Å². The van der Waals surface area contributed by atoms with Gasteiger partial charge in [0, 0.05) is 43.8 Å². The van der Waals surface area contributed by atoms with Gasteiger partial charge in [-0.1, -0.05) is 32.0 Å². The lowest BCUT2D eigenvalue weighted by Crippen LogP contribution is -2.47. The van der Waals surface area contributed by atoms with Crippen LogP contribution in [0.25, 0.3) is 0 Å². The highest BCUT2D eigenvalue weighted by Gasteiger charge is 2.30. The van der Waals surface area contributed by atoms with Crippen molar-refractivity contribution in [3.05, 3.63) is 40.4 Å². The number of rotatable bonds is 5. The van der Waals surface area contributed by atoms with Crippen LogP contribution < -0.4 is 4.90 Å². The molecule has 0 radical (unpaired) electrons. The van der Waals surface area contributed by atoms with Crippen LogP contribution in [-0.2, 0) is 6.67 Å². The van der Waals surface area contributed by atoms with Crippen molar-refractivity contribution in [3.8, 4) is 0 Å². The van der Waals surface area contributed by atoms with Gasteiger partial charge in [-0.2, -0.15) is 5.10 Å². The Morgan fingerprint density at radius 1 is 1.12 bits per heavy atom. The standard InChI is InChI=1S/C20H29N5S/c1-15(2)19-21-24(20(26)25(19)17-8-9-17)14-22-10-12-23(13-11-22)18-7-5-4-6-16(18)3/h4-7,15,17H,8-14H2,1-3H3. The second kappa shape index (κ2) is 7.16. The molecule has 2 heterocycles. The van der Waals surface area contributed by atoms with Crippen molar-refractivity contribution in [1.29, 1.82) is 0 Å². The molecule has 2 aliphatic rings. The first-order chi connectivity index (χ1) is 12.5. The van der Waals surface area contributed by atoms with Crippen molar-refractivity contribution in [1.82, 2.24) is 19.2 Å². The first-order valence-electron chi connectivity index (χ1n) is 9.76. The minimum absolute atomic E-state index is 0.413. The number of aryl methyl sites for hydroxylation is 1. The summed E-state index contributed by atoms with van der Waals surface area (Å²) >= 11 is 5.76. The normalized spacial score (nSPS) is 18.7. The maximum Gasteiger partial charge on any atom is 0.199 e. The van der Waals surface area contributed by atoms with Crippen LogP contribution in [0.5, 0.6) is 0 Å². The average Bonchev–Trinajstić information content (AvgIpc) is 3.41. The summed E-state index contributed by atoms with van der Waals surface area (Å²) in [5.41, 5.74) is 2.72. The quantitative estimate of drug-likeness (QED) is 0.744. The van der Waals surface area contributed by atoms with Crippen LogP contribution in [0.4, 0.5) is 5.69 Å². The van der Waals surface area contributed by atoms with Crippen LogP contribution >= 0.6 is 12.2 Å². The molecule has 1 aliphatic carbocycles. The van der Waals surface area contributed by atoms with Gasteiger partial charge in [-0.05, 0) is 43.6 Å². The third kappa shape index (κ3) is 3.45. The smallest absolute Gasteiger partial charge is 0.199 e. The summed E-state index contributed by atoms with van der Waals surface area (Å²) in [6, 6.07) is 9.25. The van der Waals surface area contributed by atoms with Crippen molar-refractivity contribution >= 4 is 17.9 Å². The molecule has 0 atom stereocenters. The van der Waals surface area contributed by atoms with Crippen molar-refractivity contribution in [3.63, 3.8) is 0 Å². The molecule has 5 nitrogen and oxygen atoms in total. The lowest BCUT2D eigenvalue weighted by Gasteiger charge is -2.36. The van der Waals surface area contributed by atoms with Crippen molar-refractivity contribution in [2.24, 2.45) is 0 Å². The van der Waals surface area contributed by atoms with Gasteiger partial charge >= 0.3 is 0 Å². The van der Waals surface area contributed by atoms with Gasteiger partial charge in [-0.25, -0.2) is 4.68 Å². The molecule has 4 rings (SSSR count). The maximum atomic E-state index is 5.76. The number of para-hydroxylation sites is 1. The minimum Gasteiger partial charge on any atom is -0.369 e. The van der Waals surface area contributed by atoms with Crippen LogP contribution in [0, 0.1) is 11.7 Å². The van der Waals surface area contributed by atoms with Gasteiger partial charge in [0.1, 0.15) is 5.82 Å². The molecule has 1 aromatic heterocycles. The van der Waals surface area contributed by atoms with Crippen LogP contribution in [0.15, 0.2) is 24.3 Å². The maximum absolute atomic E-state index is 5.76. The predicted molar refractivity (Wildman–Crippen MR) is 108 cm³/mol. The Bertz CT molecular complexity index is 825. The first kappa shape index (κ1) is 17.7. The summed E-state index contributed by atoms with van der Waals surface area (Å²) in [6.45, 7) is 11.6. The van der Waals surface area contributed by atoms with Gasteiger partial charge in [0.25, 0.3) is 0 Å². The minimum atomic E-state index is 0.413. The molecular formula is C20H29N5S.